The number of rotatable bonds is 5. The highest BCUT2D eigenvalue weighted by atomic mass is 32.2. The molecular formula is C7H14N4O4S3. The van der Waals surface area contributed by atoms with Crippen LogP contribution in [-0.2, 0) is 19.9 Å². The Kier molecular flexibility index (Phi) is 4.00. The quantitative estimate of drug-likeness (QED) is 0.728. The molecule has 1 aromatic rings. The number of sulfone groups is 1. The Morgan fingerprint density at radius 2 is 1.83 bits per heavy atom. The fraction of sp³-hybridized carbons (Fsp3) is 0.714. The number of nitrogen functional groups attached to an aromatic ring is 1. The van der Waals surface area contributed by atoms with Crippen LogP contribution in [0.15, 0.2) is 4.34 Å². The van der Waals surface area contributed by atoms with Crippen molar-refractivity contribution < 1.29 is 16.8 Å². The lowest BCUT2D eigenvalue weighted by atomic mass is 10.2. The monoisotopic (exact) mass is 314 g/mol. The molecule has 0 aliphatic carbocycles. The van der Waals surface area contributed by atoms with Crippen LogP contribution in [0.4, 0.5) is 5.13 Å². The summed E-state index contributed by atoms with van der Waals surface area (Å²) in [6.07, 6.45) is 1.05. The summed E-state index contributed by atoms with van der Waals surface area (Å²) in [7, 11) is -7.27. The van der Waals surface area contributed by atoms with E-state index in [-0.39, 0.29) is 16.0 Å². The van der Waals surface area contributed by atoms with Gasteiger partial charge in [0.15, 0.2) is 9.84 Å². The van der Waals surface area contributed by atoms with Gasteiger partial charge in [0.25, 0.3) is 10.0 Å². The van der Waals surface area contributed by atoms with Crippen molar-refractivity contribution >= 4 is 36.3 Å². The molecule has 1 aromatic heterocycles. The zero-order chi connectivity index (χ0) is 14.2. The first-order valence-corrected chi connectivity index (χ1v) is 8.93. The van der Waals surface area contributed by atoms with Crippen LogP contribution in [-0.4, -0.2) is 44.6 Å². The molecule has 8 nitrogen and oxygen atoms in total. The van der Waals surface area contributed by atoms with Crippen LogP contribution in [0, 0.1) is 0 Å². The molecule has 0 fully saturated rings. The van der Waals surface area contributed by atoms with E-state index < -0.39 is 24.6 Å². The number of sulfonamides is 1. The maximum absolute atomic E-state index is 11.8. The van der Waals surface area contributed by atoms with Gasteiger partial charge in [-0.05, 0) is 13.8 Å². The number of hydrogen-bond donors (Lipinski definition) is 2. The van der Waals surface area contributed by atoms with E-state index in [1.807, 2.05) is 0 Å². The van der Waals surface area contributed by atoms with Gasteiger partial charge < -0.3 is 5.73 Å². The normalized spacial score (nSPS) is 13.7. The van der Waals surface area contributed by atoms with Gasteiger partial charge in [-0.2, -0.15) is 0 Å². The molecule has 3 N–H and O–H groups in total. The zero-order valence-electron chi connectivity index (χ0n) is 10.0. The Hall–Kier alpha value is -0.780. The van der Waals surface area contributed by atoms with Crippen LogP contribution >= 0.6 is 11.3 Å². The lowest BCUT2D eigenvalue weighted by molar-refractivity contribution is 0.536. The number of nitrogens with zero attached hydrogens (tertiary/aromatic N) is 2. The number of nitrogens with one attached hydrogen (secondary N) is 1. The van der Waals surface area contributed by atoms with Crippen molar-refractivity contribution in [3.05, 3.63) is 0 Å². The van der Waals surface area contributed by atoms with Crippen LogP contribution in [0.5, 0.6) is 0 Å². The molecule has 104 valence electrons. The van der Waals surface area contributed by atoms with E-state index in [0.717, 1.165) is 6.26 Å². The molecule has 0 saturated heterocycles. The largest absolute Gasteiger partial charge is 0.374 e. The lowest BCUT2D eigenvalue weighted by Crippen LogP contribution is -2.43. The van der Waals surface area contributed by atoms with Gasteiger partial charge in [-0.15, -0.1) is 10.2 Å². The van der Waals surface area contributed by atoms with Crippen LogP contribution in [0.2, 0.25) is 0 Å². The second-order valence-electron chi connectivity index (χ2n) is 4.26. The molecule has 0 amide bonds. The summed E-state index contributed by atoms with van der Waals surface area (Å²) in [5.74, 6) is 0. The fourth-order valence-corrected chi connectivity index (χ4v) is 3.25. The number of nitrogens with two attached hydrogens (primary N) is 1. The summed E-state index contributed by atoms with van der Waals surface area (Å²) >= 11 is 0.708. The van der Waals surface area contributed by atoms with Crippen molar-refractivity contribution in [1.82, 2.24) is 14.9 Å². The first-order valence-electron chi connectivity index (χ1n) is 4.74. The third-order valence-electron chi connectivity index (χ3n) is 2.34. The molecule has 0 aliphatic heterocycles. The Balaban J connectivity index is 2.87. The van der Waals surface area contributed by atoms with E-state index in [1.54, 1.807) is 0 Å². The highest BCUT2D eigenvalue weighted by Crippen LogP contribution is 2.18. The van der Waals surface area contributed by atoms with Crippen molar-refractivity contribution in [2.24, 2.45) is 0 Å². The third-order valence-corrected chi connectivity index (χ3v) is 7.02. The van der Waals surface area contributed by atoms with Gasteiger partial charge in [0.1, 0.15) is 0 Å². The van der Waals surface area contributed by atoms with E-state index in [0.29, 0.717) is 11.3 Å². The molecule has 0 aliphatic rings. The second kappa shape index (κ2) is 4.72. The van der Waals surface area contributed by atoms with Gasteiger partial charge in [-0.25, -0.2) is 21.6 Å². The minimum absolute atomic E-state index is 0.0257. The average Bonchev–Trinajstić information content (AvgIpc) is 2.61. The maximum Gasteiger partial charge on any atom is 0.269 e. The predicted molar refractivity (Wildman–Crippen MR) is 68.4 cm³/mol. The van der Waals surface area contributed by atoms with E-state index in [2.05, 4.69) is 14.9 Å². The van der Waals surface area contributed by atoms with Crippen molar-refractivity contribution in [3.8, 4) is 0 Å². The van der Waals surface area contributed by atoms with Gasteiger partial charge >= 0.3 is 0 Å². The summed E-state index contributed by atoms with van der Waals surface area (Å²) in [6, 6.07) is 0. The van der Waals surface area contributed by atoms with Crippen LogP contribution < -0.4 is 10.5 Å². The van der Waals surface area contributed by atoms with Crippen LogP contribution in [0.25, 0.3) is 0 Å². The van der Waals surface area contributed by atoms with Gasteiger partial charge in [0.05, 0.1) is 4.75 Å². The summed E-state index contributed by atoms with van der Waals surface area (Å²) < 4.78 is 47.1. The molecule has 1 heterocycles. The summed E-state index contributed by atoms with van der Waals surface area (Å²) in [4.78, 5) is 0. The molecular weight excluding hydrogens is 300 g/mol. The molecule has 1 rings (SSSR count). The van der Waals surface area contributed by atoms with Crippen LogP contribution in [0.1, 0.15) is 13.8 Å². The van der Waals surface area contributed by atoms with Gasteiger partial charge in [0, 0.05) is 12.8 Å². The summed E-state index contributed by atoms with van der Waals surface area (Å²) in [5.41, 5.74) is 5.28. The minimum atomic E-state index is -3.88. The highest BCUT2D eigenvalue weighted by molar-refractivity contribution is 7.92. The van der Waals surface area contributed by atoms with Gasteiger partial charge in [-0.3, -0.25) is 0 Å². The van der Waals surface area contributed by atoms with E-state index >= 15 is 0 Å². The molecule has 0 saturated carbocycles. The fourth-order valence-electron chi connectivity index (χ4n) is 0.791. The molecule has 0 bridgehead atoms. The molecule has 0 atom stereocenters. The summed E-state index contributed by atoms with van der Waals surface area (Å²) in [5, 5.41) is 6.80. The second-order valence-corrected chi connectivity index (χ2v) is 9.86. The summed E-state index contributed by atoms with van der Waals surface area (Å²) in [6.45, 7) is 2.60. The number of aromatic nitrogens is 2. The number of anilines is 1. The first-order chi connectivity index (χ1) is 7.96. The molecule has 0 radical (unpaired) electrons. The van der Waals surface area contributed by atoms with Crippen molar-refractivity contribution in [3.63, 3.8) is 0 Å². The van der Waals surface area contributed by atoms with Crippen LogP contribution in [0.3, 0.4) is 0 Å². The lowest BCUT2D eigenvalue weighted by Gasteiger charge is -2.22. The average molecular weight is 314 g/mol. The smallest absolute Gasteiger partial charge is 0.269 e. The third kappa shape index (κ3) is 3.37. The predicted octanol–water partition coefficient (Wildman–Crippen LogP) is -0.778. The van der Waals surface area contributed by atoms with Crippen molar-refractivity contribution in [1.29, 1.82) is 0 Å². The Bertz CT molecular complexity index is 631. The van der Waals surface area contributed by atoms with Crippen molar-refractivity contribution in [2.45, 2.75) is 22.9 Å². The topological polar surface area (TPSA) is 132 Å². The van der Waals surface area contributed by atoms with E-state index in [9.17, 15) is 16.8 Å². The first kappa shape index (κ1) is 15.3. The molecule has 0 spiro atoms. The Morgan fingerprint density at radius 3 is 2.22 bits per heavy atom. The molecule has 18 heavy (non-hydrogen) atoms. The molecule has 0 unspecified atom stereocenters. The Labute approximate surface area is 110 Å². The molecule has 11 heteroatoms. The standard InChI is InChI=1S/C7H14N4O4S3/c1-7(2,17(3,12)13)4-9-18(14,15)6-11-10-5(8)16-6/h9H,4H2,1-3H3,(H2,8,10). The van der Waals surface area contributed by atoms with Gasteiger partial charge in [-0.1, -0.05) is 11.3 Å². The van der Waals surface area contributed by atoms with Gasteiger partial charge in [0.2, 0.25) is 9.47 Å². The van der Waals surface area contributed by atoms with E-state index in [1.165, 1.54) is 13.8 Å². The minimum Gasteiger partial charge on any atom is -0.374 e. The maximum atomic E-state index is 11.8. The SMILES string of the molecule is CC(C)(CNS(=O)(=O)c1nnc(N)s1)S(C)(=O)=O. The Morgan fingerprint density at radius 1 is 1.28 bits per heavy atom. The highest BCUT2D eigenvalue weighted by Gasteiger charge is 2.32. The number of hydrogen-bond acceptors (Lipinski definition) is 8. The van der Waals surface area contributed by atoms with Crippen molar-refractivity contribution in [2.75, 3.05) is 18.5 Å². The zero-order valence-corrected chi connectivity index (χ0v) is 12.5. The van der Waals surface area contributed by atoms with E-state index in [4.69, 9.17) is 5.73 Å². The molecule has 0 aromatic carbocycles.